The van der Waals surface area contributed by atoms with Crippen LogP contribution in [0.4, 0.5) is 10.1 Å². The van der Waals surface area contributed by atoms with Crippen molar-refractivity contribution in [2.75, 3.05) is 11.8 Å². The molecule has 7 heteroatoms. The Kier molecular flexibility index (Phi) is 5.16. The Morgan fingerprint density at radius 2 is 1.87 bits per heavy atom. The van der Waals surface area contributed by atoms with Gasteiger partial charge in [0.2, 0.25) is 0 Å². The molecule has 0 aliphatic heterocycles. The van der Waals surface area contributed by atoms with Gasteiger partial charge in [-0.2, -0.15) is 0 Å². The molecule has 0 heterocycles. The summed E-state index contributed by atoms with van der Waals surface area (Å²) in [5.74, 6) is 0.116. The lowest BCUT2D eigenvalue weighted by molar-refractivity contribution is 0.407. The Morgan fingerprint density at radius 1 is 1.17 bits per heavy atom. The Bertz CT molecular complexity index is 822. The molecule has 124 valence electrons. The Hall–Kier alpha value is -1.79. The molecule has 4 nitrogen and oxygen atoms in total. The van der Waals surface area contributed by atoms with Crippen LogP contribution in [0, 0.1) is 5.82 Å². The van der Waals surface area contributed by atoms with Crippen molar-refractivity contribution in [3.8, 4) is 5.75 Å². The van der Waals surface area contributed by atoms with Gasteiger partial charge in [-0.25, -0.2) is 12.8 Å². The van der Waals surface area contributed by atoms with Gasteiger partial charge in [0.15, 0.2) is 0 Å². The van der Waals surface area contributed by atoms with E-state index in [-0.39, 0.29) is 21.5 Å². The predicted octanol–water partition coefficient (Wildman–Crippen LogP) is 4.41. The first-order valence-corrected chi connectivity index (χ1v) is 8.76. The second-order valence-corrected chi connectivity index (χ2v) is 7.38. The number of benzene rings is 2. The van der Waals surface area contributed by atoms with Crippen molar-refractivity contribution in [3.05, 3.63) is 52.8 Å². The fraction of sp³-hybridized carbons (Fsp3) is 0.250. The second kappa shape index (κ2) is 6.76. The predicted molar refractivity (Wildman–Crippen MR) is 89.3 cm³/mol. The van der Waals surface area contributed by atoms with E-state index in [9.17, 15) is 12.8 Å². The van der Waals surface area contributed by atoms with E-state index in [1.165, 1.54) is 25.3 Å². The van der Waals surface area contributed by atoms with E-state index >= 15 is 0 Å². The van der Waals surface area contributed by atoms with Gasteiger partial charge in [0.25, 0.3) is 10.0 Å². The molecule has 0 saturated carbocycles. The molecule has 0 aliphatic carbocycles. The van der Waals surface area contributed by atoms with Crippen LogP contribution in [0.1, 0.15) is 25.3 Å². The zero-order valence-electron chi connectivity index (χ0n) is 12.9. The van der Waals surface area contributed by atoms with Gasteiger partial charge in [-0.05, 0) is 47.9 Å². The van der Waals surface area contributed by atoms with Gasteiger partial charge in [-0.15, -0.1) is 0 Å². The number of methoxy groups -OCH3 is 1. The number of hydrogen-bond acceptors (Lipinski definition) is 3. The van der Waals surface area contributed by atoms with Crippen molar-refractivity contribution in [1.82, 2.24) is 0 Å². The van der Waals surface area contributed by atoms with E-state index in [1.54, 1.807) is 12.1 Å². The summed E-state index contributed by atoms with van der Waals surface area (Å²) in [4.78, 5) is 0.0995. The maximum Gasteiger partial charge on any atom is 0.261 e. The van der Waals surface area contributed by atoms with E-state index in [2.05, 4.69) is 4.72 Å². The van der Waals surface area contributed by atoms with Crippen LogP contribution in [-0.4, -0.2) is 15.5 Å². The van der Waals surface area contributed by atoms with Crippen LogP contribution < -0.4 is 9.46 Å². The second-order valence-electron chi connectivity index (χ2n) is 5.29. The molecule has 0 fully saturated rings. The molecular formula is C16H17ClFNO3S. The average Bonchev–Trinajstić information content (AvgIpc) is 2.50. The lowest BCUT2D eigenvalue weighted by Gasteiger charge is -2.14. The minimum Gasteiger partial charge on any atom is -0.496 e. The third-order valence-corrected chi connectivity index (χ3v) is 4.97. The minimum absolute atomic E-state index is 0.0976. The molecule has 2 aromatic carbocycles. The average molecular weight is 358 g/mol. The molecule has 0 aromatic heterocycles. The molecule has 1 N–H and O–H groups in total. The summed E-state index contributed by atoms with van der Waals surface area (Å²) in [6, 6.07) is 8.28. The molecule has 0 radical (unpaired) electrons. The molecule has 0 atom stereocenters. The van der Waals surface area contributed by atoms with Crippen molar-refractivity contribution in [1.29, 1.82) is 0 Å². The molecule has 0 spiro atoms. The third-order valence-electron chi connectivity index (χ3n) is 3.31. The molecule has 0 saturated heterocycles. The van der Waals surface area contributed by atoms with Crippen molar-refractivity contribution in [3.63, 3.8) is 0 Å². The standard InChI is InChI=1S/C16H17ClFNO3S/c1-10(2)13-9-12(5-7-16(13)22-3)23(20,21)19-11-4-6-15(18)14(17)8-11/h4-10,19H,1-3H3. The smallest absolute Gasteiger partial charge is 0.261 e. The fourth-order valence-corrected chi connectivity index (χ4v) is 3.37. The number of halogens is 2. The van der Waals surface area contributed by atoms with Crippen LogP contribution in [0.5, 0.6) is 5.75 Å². The molecule has 0 unspecified atom stereocenters. The summed E-state index contributed by atoms with van der Waals surface area (Å²) in [7, 11) is -2.27. The van der Waals surface area contributed by atoms with Crippen LogP contribution in [0.2, 0.25) is 5.02 Å². The fourth-order valence-electron chi connectivity index (χ4n) is 2.10. The maximum absolute atomic E-state index is 13.2. The Labute approximate surface area is 140 Å². The van der Waals surface area contributed by atoms with Crippen molar-refractivity contribution < 1.29 is 17.5 Å². The lowest BCUT2D eigenvalue weighted by Crippen LogP contribution is -2.13. The van der Waals surface area contributed by atoms with Gasteiger partial charge < -0.3 is 4.74 Å². The zero-order chi connectivity index (χ0) is 17.2. The van der Waals surface area contributed by atoms with E-state index in [0.717, 1.165) is 11.6 Å². The van der Waals surface area contributed by atoms with Crippen LogP contribution in [0.25, 0.3) is 0 Å². The summed E-state index contributed by atoms with van der Waals surface area (Å²) in [5, 5.41) is -0.150. The number of nitrogens with one attached hydrogen (secondary N) is 1. The summed E-state index contributed by atoms with van der Waals surface area (Å²) in [6.45, 7) is 3.89. The van der Waals surface area contributed by atoms with Gasteiger partial charge in [0, 0.05) is 0 Å². The van der Waals surface area contributed by atoms with Crippen molar-refractivity contribution in [2.45, 2.75) is 24.7 Å². The van der Waals surface area contributed by atoms with Gasteiger partial charge in [-0.1, -0.05) is 25.4 Å². The molecular weight excluding hydrogens is 341 g/mol. The lowest BCUT2D eigenvalue weighted by atomic mass is 10.0. The topological polar surface area (TPSA) is 55.4 Å². The largest absolute Gasteiger partial charge is 0.496 e. The van der Waals surface area contributed by atoms with Crippen LogP contribution in [0.3, 0.4) is 0 Å². The summed E-state index contributed by atoms with van der Waals surface area (Å²) in [6.07, 6.45) is 0. The molecule has 23 heavy (non-hydrogen) atoms. The van der Waals surface area contributed by atoms with Crippen LogP contribution in [0.15, 0.2) is 41.3 Å². The quantitative estimate of drug-likeness (QED) is 0.862. The van der Waals surface area contributed by atoms with E-state index in [4.69, 9.17) is 16.3 Å². The van der Waals surface area contributed by atoms with E-state index in [1.807, 2.05) is 13.8 Å². The molecule has 0 amide bonds. The highest BCUT2D eigenvalue weighted by Gasteiger charge is 2.18. The number of rotatable bonds is 5. The third kappa shape index (κ3) is 3.95. The van der Waals surface area contributed by atoms with E-state index in [0.29, 0.717) is 5.75 Å². The van der Waals surface area contributed by atoms with Gasteiger partial charge in [0.05, 0.1) is 22.7 Å². The summed E-state index contributed by atoms with van der Waals surface area (Å²) >= 11 is 5.67. The van der Waals surface area contributed by atoms with Crippen LogP contribution >= 0.6 is 11.6 Å². The number of sulfonamides is 1. The van der Waals surface area contributed by atoms with Gasteiger partial charge in [-0.3, -0.25) is 4.72 Å². The highest BCUT2D eigenvalue weighted by Crippen LogP contribution is 2.30. The molecule has 2 rings (SSSR count). The minimum atomic E-state index is -3.81. The van der Waals surface area contributed by atoms with Gasteiger partial charge >= 0.3 is 0 Å². The molecule has 2 aromatic rings. The first kappa shape index (κ1) is 17.6. The Morgan fingerprint density at radius 3 is 2.43 bits per heavy atom. The molecule has 0 bridgehead atoms. The first-order valence-electron chi connectivity index (χ1n) is 6.90. The van der Waals surface area contributed by atoms with Crippen LogP contribution in [-0.2, 0) is 10.0 Å². The summed E-state index contributed by atoms with van der Waals surface area (Å²) in [5.41, 5.74) is 0.978. The highest BCUT2D eigenvalue weighted by atomic mass is 35.5. The SMILES string of the molecule is COc1ccc(S(=O)(=O)Nc2ccc(F)c(Cl)c2)cc1C(C)C. The number of anilines is 1. The Balaban J connectivity index is 2.39. The number of hydrogen-bond donors (Lipinski definition) is 1. The zero-order valence-corrected chi connectivity index (χ0v) is 14.5. The van der Waals surface area contributed by atoms with Crippen molar-refractivity contribution >= 4 is 27.3 Å². The van der Waals surface area contributed by atoms with E-state index < -0.39 is 15.8 Å². The first-order chi connectivity index (χ1) is 10.7. The van der Waals surface area contributed by atoms with Gasteiger partial charge in [0.1, 0.15) is 11.6 Å². The molecule has 0 aliphatic rings. The van der Waals surface area contributed by atoms with Crippen molar-refractivity contribution in [2.24, 2.45) is 0 Å². The maximum atomic E-state index is 13.2. The monoisotopic (exact) mass is 357 g/mol. The number of ether oxygens (including phenoxy) is 1. The summed E-state index contributed by atoms with van der Waals surface area (Å²) < 4.78 is 45.8. The highest BCUT2D eigenvalue weighted by molar-refractivity contribution is 7.92. The normalized spacial score (nSPS) is 11.6.